The fourth-order valence-corrected chi connectivity index (χ4v) is 2.48. The van der Waals surface area contributed by atoms with Gasteiger partial charge in [-0.05, 0) is 33.6 Å². The van der Waals surface area contributed by atoms with Crippen molar-refractivity contribution in [2.75, 3.05) is 25.4 Å². The number of alkyl halides is 3. The smallest absolute Gasteiger partial charge is 0.422 e. The average molecular weight is 364 g/mol. The van der Waals surface area contributed by atoms with Crippen LogP contribution in [0.5, 0.6) is 5.88 Å². The maximum Gasteiger partial charge on any atom is 0.422 e. The number of nitrogens with zero attached hydrogens (tertiary/aromatic N) is 3. The van der Waals surface area contributed by atoms with E-state index in [0.29, 0.717) is 25.9 Å². The van der Waals surface area contributed by atoms with Crippen molar-refractivity contribution in [1.82, 2.24) is 14.7 Å². The van der Waals surface area contributed by atoms with E-state index < -0.39 is 18.4 Å². The summed E-state index contributed by atoms with van der Waals surface area (Å²) in [4.78, 5) is 13.6. The third-order valence-corrected chi connectivity index (χ3v) is 3.59. The zero-order valence-electron chi connectivity index (χ0n) is 14.5. The van der Waals surface area contributed by atoms with Gasteiger partial charge in [-0.15, -0.1) is 5.10 Å². The van der Waals surface area contributed by atoms with E-state index in [0.717, 1.165) is 0 Å². The van der Waals surface area contributed by atoms with Gasteiger partial charge >= 0.3 is 12.3 Å². The second-order valence-corrected chi connectivity index (χ2v) is 6.97. The molecule has 0 aliphatic carbocycles. The number of carbonyl (C=O) groups is 1. The Hall–Kier alpha value is -2.13. The summed E-state index contributed by atoms with van der Waals surface area (Å²) in [7, 11) is 0. The van der Waals surface area contributed by atoms with Crippen molar-refractivity contribution in [3.8, 4) is 5.88 Å². The van der Waals surface area contributed by atoms with Crippen LogP contribution >= 0.6 is 0 Å². The normalized spacial score (nSPS) is 16.8. The van der Waals surface area contributed by atoms with Crippen LogP contribution in [0.25, 0.3) is 0 Å². The van der Waals surface area contributed by atoms with E-state index in [1.165, 1.54) is 10.9 Å². The van der Waals surface area contributed by atoms with E-state index in [-0.39, 0.29) is 23.7 Å². The summed E-state index contributed by atoms with van der Waals surface area (Å²) in [5.74, 6) is -0.230. The molecule has 2 N–H and O–H groups in total. The Morgan fingerprint density at radius 3 is 2.44 bits per heavy atom. The van der Waals surface area contributed by atoms with Crippen molar-refractivity contribution < 1.29 is 27.4 Å². The molecular weight excluding hydrogens is 341 g/mol. The molecule has 0 atom stereocenters. The lowest BCUT2D eigenvalue weighted by molar-refractivity contribution is -0.154. The van der Waals surface area contributed by atoms with Gasteiger partial charge in [0.05, 0.1) is 12.2 Å². The predicted molar refractivity (Wildman–Crippen MR) is 84.3 cm³/mol. The Bertz CT molecular complexity index is 602. The zero-order chi connectivity index (χ0) is 18.8. The highest BCUT2D eigenvalue weighted by Crippen LogP contribution is 2.28. The maximum atomic E-state index is 12.2. The predicted octanol–water partition coefficient (Wildman–Crippen LogP) is 2.98. The van der Waals surface area contributed by atoms with Crippen molar-refractivity contribution in [3.05, 3.63) is 6.20 Å². The molecule has 2 rings (SSSR count). The van der Waals surface area contributed by atoms with Crippen LogP contribution in [0.4, 0.5) is 23.7 Å². The summed E-state index contributed by atoms with van der Waals surface area (Å²) < 4.78 is 48.1. The van der Waals surface area contributed by atoms with Crippen molar-refractivity contribution in [2.45, 2.75) is 51.4 Å². The lowest BCUT2D eigenvalue weighted by Gasteiger charge is -2.33. The molecule has 1 aromatic rings. The van der Waals surface area contributed by atoms with Gasteiger partial charge in [0.15, 0.2) is 6.61 Å². The van der Waals surface area contributed by atoms with Crippen LogP contribution in [-0.4, -0.2) is 52.2 Å². The van der Waals surface area contributed by atoms with E-state index in [1.807, 2.05) is 0 Å². The minimum absolute atomic E-state index is 0.0545. The van der Waals surface area contributed by atoms with Crippen molar-refractivity contribution in [1.29, 1.82) is 0 Å². The number of carbonyl (C=O) groups excluding carboxylic acids is 1. The molecule has 0 radical (unpaired) electrons. The summed E-state index contributed by atoms with van der Waals surface area (Å²) in [5, 5.41) is 4.00. The van der Waals surface area contributed by atoms with Crippen LogP contribution in [0.15, 0.2) is 6.20 Å². The number of aromatic nitrogens is 2. The van der Waals surface area contributed by atoms with Gasteiger partial charge in [0.1, 0.15) is 11.3 Å². The van der Waals surface area contributed by atoms with Crippen LogP contribution < -0.4 is 10.5 Å². The van der Waals surface area contributed by atoms with E-state index in [4.69, 9.17) is 10.5 Å². The largest absolute Gasteiger partial charge is 0.466 e. The molecule has 0 spiro atoms. The van der Waals surface area contributed by atoms with Crippen LogP contribution in [-0.2, 0) is 4.74 Å². The highest BCUT2D eigenvalue weighted by Gasteiger charge is 2.31. The Labute approximate surface area is 143 Å². The number of rotatable bonds is 3. The molecule has 7 nitrogen and oxygen atoms in total. The Kier molecular flexibility index (Phi) is 5.38. The van der Waals surface area contributed by atoms with E-state index in [2.05, 4.69) is 9.84 Å². The third-order valence-electron chi connectivity index (χ3n) is 3.59. The molecular formula is C15H23F3N4O3. The number of hydrogen-bond donors (Lipinski definition) is 1. The average Bonchev–Trinajstić information content (AvgIpc) is 2.84. The number of halogens is 3. The first-order valence-corrected chi connectivity index (χ1v) is 7.97. The molecule has 25 heavy (non-hydrogen) atoms. The summed E-state index contributed by atoms with van der Waals surface area (Å²) in [5.41, 5.74) is 5.16. The van der Waals surface area contributed by atoms with Crippen LogP contribution in [0.1, 0.15) is 39.7 Å². The lowest BCUT2D eigenvalue weighted by atomic mass is 10.1. The number of nitrogen functional groups attached to an aromatic ring is 1. The second kappa shape index (κ2) is 7.01. The molecule has 2 heterocycles. The molecule has 0 aromatic carbocycles. The first-order chi connectivity index (χ1) is 11.4. The molecule has 0 unspecified atom stereocenters. The van der Waals surface area contributed by atoms with Gasteiger partial charge in [-0.2, -0.15) is 13.2 Å². The standard InChI is InChI=1S/C15H23F3N4O3/c1-14(2,3)25-13(23)21-6-4-10(5-7-21)22-8-11(19)12(20-22)24-9-15(16,17)18/h8,10H,4-7,9,19H2,1-3H3. The van der Waals surface area contributed by atoms with Gasteiger partial charge < -0.3 is 20.1 Å². The Morgan fingerprint density at radius 1 is 1.32 bits per heavy atom. The first-order valence-electron chi connectivity index (χ1n) is 7.97. The number of likely N-dealkylation sites (tertiary alicyclic amines) is 1. The Balaban J connectivity index is 1.91. The van der Waals surface area contributed by atoms with Crippen LogP contribution in [0.3, 0.4) is 0 Å². The highest BCUT2D eigenvalue weighted by molar-refractivity contribution is 5.68. The number of amides is 1. The number of nitrogens with two attached hydrogens (primary N) is 1. The van der Waals surface area contributed by atoms with Gasteiger partial charge in [0.25, 0.3) is 5.88 Å². The summed E-state index contributed by atoms with van der Waals surface area (Å²) >= 11 is 0. The molecule has 1 aromatic heterocycles. The molecule has 1 saturated heterocycles. The lowest BCUT2D eigenvalue weighted by Crippen LogP contribution is -2.42. The number of ether oxygens (including phenoxy) is 2. The fourth-order valence-electron chi connectivity index (χ4n) is 2.48. The highest BCUT2D eigenvalue weighted by atomic mass is 19.4. The van der Waals surface area contributed by atoms with E-state index >= 15 is 0 Å². The van der Waals surface area contributed by atoms with Crippen molar-refractivity contribution >= 4 is 11.8 Å². The molecule has 1 aliphatic rings. The minimum atomic E-state index is -4.45. The molecule has 1 amide bonds. The molecule has 1 aliphatic heterocycles. The maximum absolute atomic E-state index is 12.2. The SMILES string of the molecule is CC(C)(C)OC(=O)N1CCC(n2cc(N)c(OCC(F)(F)F)n2)CC1. The van der Waals surface area contributed by atoms with Gasteiger partial charge in [0, 0.05) is 13.1 Å². The molecule has 0 bridgehead atoms. The molecule has 10 heteroatoms. The summed E-state index contributed by atoms with van der Waals surface area (Å²) in [6.07, 6.45) is -2.17. The fraction of sp³-hybridized carbons (Fsp3) is 0.733. The van der Waals surface area contributed by atoms with Gasteiger partial charge in [-0.25, -0.2) is 4.79 Å². The zero-order valence-corrected chi connectivity index (χ0v) is 14.5. The van der Waals surface area contributed by atoms with Gasteiger partial charge in [-0.3, -0.25) is 4.68 Å². The van der Waals surface area contributed by atoms with E-state index in [1.54, 1.807) is 25.7 Å². The van der Waals surface area contributed by atoms with E-state index in [9.17, 15) is 18.0 Å². The topological polar surface area (TPSA) is 82.6 Å². The van der Waals surface area contributed by atoms with Gasteiger partial charge in [0.2, 0.25) is 0 Å². The Morgan fingerprint density at radius 2 is 1.92 bits per heavy atom. The number of hydrogen-bond acceptors (Lipinski definition) is 5. The van der Waals surface area contributed by atoms with Gasteiger partial charge in [-0.1, -0.05) is 0 Å². The quantitative estimate of drug-likeness (QED) is 0.892. The first kappa shape index (κ1) is 19.2. The molecule has 142 valence electrons. The van der Waals surface area contributed by atoms with Crippen molar-refractivity contribution in [2.24, 2.45) is 0 Å². The van der Waals surface area contributed by atoms with Crippen LogP contribution in [0, 0.1) is 0 Å². The number of piperidine rings is 1. The van der Waals surface area contributed by atoms with Crippen LogP contribution in [0.2, 0.25) is 0 Å². The molecule has 1 fully saturated rings. The summed E-state index contributed by atoms with van der Waals surface area (Å²) in [6, 6.07) is -0.0655. The second-order valence-electron chi connectivity index (χ2n) is 6.97. The summed E-state index contributed by atoms with van der Waals surface area (Å²) in [6.45, 7) is 4.90. The monoisotopic (exact) mass is 364 g/mol. The molecule has 0 saturated carbocycles. The number of anilines is 1. The van der Waals surface area contributed by atoms with Crippen molar-refractivity contribution in [3.63, 3.8) is 0 Å². The minimum Gasteiger partial charge on any atom is -0.466 e. The third kappa shape index (κ3) is 5.71.